The van der Waals surface area contributed by atoms with Gasteiger partial charge in [0.25, 0.3) is 0 Å². The van der Waals surface area contributed by atoms with Crippen molar-refractivity contribution in [2.24, 2.45) is 0 Å². The third kappa shape index (κ3) is 3.77. The van der Waals surface area contributed by atoms with Crippen molar-refractivity contribution in [2.45, 2.75) is 43.1 Å². The fourth-order valence-corrected chi connectivity index (χ4v) is 3.91. The smallest absolute Gasteiger partial charge is 0.124 e. The van der Waals surface area contributed by atoms with Gasteiger partial charge in [-0.25, -0.2) is 4.39 Å². The highest BCUT2D eigenvalue weighted by atomic mass is 79.9. The van der Waals surface area contributed by atoms with Crippen molar-refractivity contribution in [2.75, 3.05) is 0 Å². The molecular formula is C13H16BrFS. The van der Waals surface area contributed by atoms with Crippen LogP contribution in [-0.4, -0.2) is 5.25 Å². The van der Waals surface area contributed by atoms with E-state index in [-0.39, 0.29) is 5.82 Å². The lowest BCUT2D eigenvalue weighted by atomic mass is 10.0. The summed E-state index contributed by atoms with van der Waals surface area (Å²) < 4.78 is 14.0. The first-order valence-corrected chi connectivity index (χ1v) is 7.65. The zero-order valence-corrected chi connectivity index (χ0v) is 11.6. The zero-order chi connectivity index (χ0) is 11.4. The normalized spacial score (nSPS) is 17.6. The van der Waals surface area contributed by atoms with Crippen molar-refractivity contribution in [3.8, 4) is 0 Å². The van der Waals surface area contributed by atoms with Crippen molar-refractivity contribution in [1.29, 1.82) is 0 Å². The quantitative estimate of drug-likeness (QED) is 0.743. The Morgan fingerprint density at radius 3 is 2.62 bits per heavy atom. The molecule has 1 aliphatic rings. The molecule has 0 amide bonds. The van der Waals surface area contributed by atoms with Gasteiger partial charge in [-0.05, 0) is 36.6 Å². The second-order valence-corrected chi connectivity index (χ2v) is 6.55. The molecular weight excluding hydrogens is 287 g/mol. The Morgan fingerprint density at radius 2 is 1.94 bits per heavy atom. The van der Waals surface area contributed by atoms with Crippen molar-refractivity contribution < 1.29 is 4.39 Å². The van der Waals surface area contributed by atoms with Gasteiger partial charge in [0.15, 0.2) is 0 Å². The lowest BCUT2D eigenvalue weighted by Gasteiger charge is -2.20. The van der Waals surface area contributed by atoms with Crippen LogP contribution >= 0.6 is 27.7 Å². The van der Waals surface area contributed by atoms with Gasteiger partial charge >= 0.3 is 0 Å². The van der Waals surface area contributed by atoms with Crippen molar-refractivity contribution in [1.82, 2.24) is 0 Å². The highest BCUT2D eigenvalue weighted by molar-refractivity contribution is 9.10. The maximum absolute atomic E-state index is 13.2. The van der Waals surface area contributed by atoms with Gasteiger partial charge in [-0.1, -0.05) is 35.2 Å². The Bertz CT molecular complexity index is 328. The van der Waals surface area contributed by atoms with E-state index in [1.54, 1.807) is 6.07 Å². The van der Waals surface area contributed by atoms with Gasteiger partial charge in [0, 0.05) is 15.5 Å². The van der Waals surface area contributed by atoms with Crippen LogP contribution in [0.25, 0.3) is 0 Å². The van der Waals surface area contributed by atoms with Crippen molar-refractivity contribution >= 4 is 27.7 Å². The van der Waals surface area contributed by atoms with E-state index in [1.165, 1.54) is 38.2 Å². The maximum atomic E-state index is 13.2. The summed E-state index contributed by atoms with van der Waals surface area (Å²) >= 11 is 5.31. The van der Waals surface area contributed by atoms with Gasteiger partial charge in [-0.2, -0.15) is 11.8 Å². The summed E-state index contributed by atoms with van der Waals surface area (Å²) in [4.78, 5) is 0. The van der Waals surface area contributed by atoms with Gasteiger partial charge in [-0.3, -0.25) is 0 Å². The minimum Gasteiger partial charge on any atom is -0.207 e. The highest BCUT2D eigenvalue weighted by Gasteiger charge is 2.13. The fourth-order valence-electron chi connectivity index (χ4n) is 2.14. The number of benzene rings is 1. The van der Waals surface area contributed by atoms with Crippen LogP contribution < -0.4 is 0 Å². The average Bonchev–Trinajstić information content (AvgIpc) is 2.27. The van der Waals surface area contributed by atoms with E-state index in [0.717, 1.165) is 21.0 Å². The highest BCUT2D eigenvalue weighted by Crippen LogP contribution is 2.31. The minimum atomic E-state index is -0.145. The summed E-state index contributed by atoms with van der Waals surface area (Å²) in [6.07, 6.45) is 6.79. The first-order valence-electron chi connectivity index (χ1n) is 5.80. The summed E-state index contributed by atoms with van der Waals surface area (Å²) in [5, 5.41) is 0.788. The molecule has 0 atom stereocenters. The van der Waals surface area contributed by atoms with E-state index < -0.39 is 0 Å². The van der Waals surface area contributed by atoms with Gasteiger partial charge in [0.05, 0.1) is 0 Å². The maximum Gasteiger partial charge on any atom is 0.124 e. The van der Waals surface area contributed by atoms with Gasteiger partial charge in [0.1, 0.15) is 5.82 Å². The molecule has 0 bridgehead atoms. The molecule has 0 spiro atoms. The Morgan fingerprint density at radius 1 is 1.19 bits per heavy atom. The van der Waals surface area contributed by atoms with Crippen molar-refractivity contribution in [3.63, 3.8) is 0 Å². The summed E-state index contributed by atoms with van der Waals surface area (Å²) in [6, 6.07) is 5.16. The van der Waals surface area contributed by atoms with E-state index in [2.05, 4.69) is 15.9 Å². The van der Waals surface area contributed by atoms with Gasteiger partial charge < -0.3 is 0 Å². The van der Waals surface area contributed by atoms with Gasteiger partial charge in [-0.15, -0.1) is 0 Å². The number of hydrogen-bond donors (Lipinski definition) is 0. The molecule has 1 fully saturated rings. The Labute approximate surface area is 109 Å². The van der Waals surface area contributed by atoms with Crippen LogP contribution in [0.3, 0.4) is 0 Å². The van der Waals surface area contributed by atoms with Crippen molar-refractivity contribution in [3.05, 3.63) is 34.1 Å². The summed E-state index contributed by atoms with van der Waals surface area (Å²) in [5.41, 5.74) is 1.09. The Balaban J connectivity index is 1.88. The predicted molar refractivity (Wildman–Crippen MR) is 72.3 cm³/mol. The molecule has 0 N–H and O–H groups in total. The Hall–Kier alpha value is -0.0200. The standard InChI is InChI=1S/C13H16BrFS/c14-11-6-10(7-12(15)8-11)9-16-13-4-2-1-3-5-13/h6-8,13H,1-5,9H2. The van der Waals surface area contributed by atoms with E-state index in [0.29, 0.717) is 0 Å². The van der Waals surface area contributed by atoms with Crippen LogP contribution in [0.1, 0.15) is 37.7 Å². The lowest BCUT2D eigenvalue weighted by molar-refractivity contribution is 0.516. The topological polar surface area (TPSA) is 0 Å². The first kappa shape index (κ1) is 12.4. The Kier molecular flexibility index (Phi) is 4.71. The van der Waals surface area contributed by atoms with E-state index >= 15 is 0 Å². The van der Waals surface area contributed by atoms with E-state index in [9.17, 15) is 4.39 Å². The van der Waals surface area contributed by atoms with Crippen LogP contribution in [0.5, 0.6) is 0 Å². The molecule has 16 heavy (non-hydrogen) atoms. The molecule has 1 aromatic rings. The fraction of sp³-hybridized carbons (Fsp3) is 0.538. The molecule has 0 unspecified atom stereocenters. The number of rotatable bonds is 3. The molecule has 0 aliphatic heterocycles. The van der Waals surface area contributed by atoms with Crippen LogP contribution in [0.2, 0.25) is 0 Å². The molecule has 1 aliphatic carbocycles. The first-order chi connectivity index (χ1) is 7.74. The van der Waals surface area contributed by atoms with Crippen LogP contribution in [0, 0.1) is 5.82 Å². The molecule has 0 radical (unpaired) electrons. The number of halogens is 2. The monoisotopic (exact) mass is 302 g/mol. The third-order valence-electron chi connectivity index (χ3n) is 2.96. The van der Waals surface area contributed by atoms with Crippen LogP contribution in [-0.2, 0) is 5.75 Å². The summed E-state index contributed by atoms with van der Waals surface area (Å²) in [5.74, 6) is 0.787. The molecule has 0 heterocycles. The molecule has 0 saturated heterocycles. The van der Waals surface area contributed by atoms with E-state index in [1.807, 2.05) is 17.8 Å². The summed E-state index contributed by atoms with van der Waals surface area (Å²) in [6.45, 7) is 0. The molecule has 88 valence electrons. The minimum absolute atomic E-state index is 0.145. The molecule has 2 rings (SSSR count). The third-order valence-corrected chi connectivity index (χ3v) is 4.86. The predicted octanol–water partition coefficient (Wildman–Crippen LogP) is 5.15. The molecule has 1 saturated carbocycles. The molecule has 1 aromatic carbocycles. The van der Waals surface area contributed by atoms with Crippen LogP contribution in [0.4, 0.5) is 4.39 Å². The van der Waals surface area contributed by atoms with Gasteiger partial charge in [0.2, 0.25) is 0 Å². The lowest BCUT2D eigenvalue weighted by Crippen LogP contribution is -2.08. The molecule has 3 heteroatoms. The SMILES string of the molecule is Fc1cc(Br)cc(CSC2CCCCC2)c1. The van der Waals surface area contributed by atoms with E-state index in [4.69, 9.17) is 0 Å². The number of hydrogen-bond acceptors (Lipinski definition) is 1. The largest absolute Gasteiger partial charge is 0.207 e. The second kappa shape index (κ2) is 6.06. The second-order valence-electron chi connectivity index (χ2n) is 4.35. The molecule has 0 nitrogen and oxygen atoms in total. The number of thioether (sulfide) groups is 1. The van der Waals surface area contributed by atoms with Crippen LogP contribution in [0.15, 0.2) is 22.7 Å². The zero-order valence-electron chi connectivity index (χ0n) is 9.22. The molecule has 0 aromatic heterocycles. The average molecular weight is 303 g/mol. The summed E-state index contributed by atoms with van der Waals surface area (Å²) in [7, 11) is 0.